The van der Waals surface area contributed by atoms with Gasteiger partial charge in [-0.1, -0.05) is 13.0 Å². The maximum atomic E-state index is 12.8. The molecule has 0 bridgehead atoms. The van der Waals surface area contributed by atoms with E-state index in [1.807, 2.05) is 0 Å². The summed E-state index contributed by atoms with van der Waals surface area (Å²) in [4.78, 5) is 0. The van der Waals surface area contributed by atoms with Crippen molar-refractivity contribution in [1.29, 1.82) is 0 Å². The fraction of sp³-hybridized carbons (Fsp3) is 0.500. The third-order valence-electron chi connectivity index (χ3n) is 2.62. The van der Waals surface area contributed by atoms with E-state index >= 15 is 0 Å². The van der Waals surface area contributed by atoms with E-state index in [9.17, 15) is 21.6 Å². The number of sulfone groups is 1. The molecule has 0 aromatic heterocycles. The highest BCUT2D eigenvalue weighted by Gasteiger charge is 2.34. The van der Waals surface area contributed by atoms with Gasteiger partial charge < -0.3 is 9.84 Å². The van der Waals surface area contributed by atoms with E-state index in [0.717, 1.165) is 12.1 Å². The van der Waals surface area contributed by atoms with Gasteiger partial charge >= 0.3 is 6.18 Å². The Hall–Kier alpha value is -1.28. The summed E-state index contributed by atoms with van der Waals surface area (Å²) in [6, 6.07) is 3.15. The average molecular weight is 312 g/mol. The van der Waals surface area contributed by atoms with Crippen molar-refractivity contribution in [2.24, 2.45) is 0 Å². The van der Waals surface area contributed by atoms with Crippen molar-refractivity contribution in [3.8, 4) is 5.75 Å². The lowest BCUT2D eigenvalue weighted by Crippen LogP contribution is -2.17. The van der Waals surface area contributed by atoms with E-state index in [1.54, 1.807) is 0 Å². The molecule has 20 heavy (non-hydrogen) atoms. The fourth-order valence-electron chi connectivity index (χ4n) is 1.45. The van der Waals surface area contributed by atoms with Gasteiger partial charge in [-0.3, -0.25) is 0 Å². The summed E-state index contributed by atoms with van der Waals surface area (Å²) in [5.74, 6) is -0.880. The topological polar surface area (TPSA) is 63.6 Å². The molecule has 8 heteroatoms. The molecule has 0 aliphatic carbocycles. The zero-order valence-electron chi connectivity index (χ0n) is 10.8. The minimum absolute atomic E-state index is 0.0913. The van der Waals surface area contributed by atoms with Crippen molar-refractivity contribution in [3.05, 3.63) is 29.3 Å². The van der Waals surface area contributed by atoms with Gasteiger partial charge in [0.15, 0.2) is 9.84 Å². The Kier molecular flexibility index (Phi) is 5.41. The normalized spacial score (nSPS) is 12.4. The SMILES string of the molecule is CCS(=O)(=O)CCOc1ccc(CO)cc1C(F)(F)F. The lowest BCUT2D eigenvalue weighted by Gasteiger charge is -2.15. The van der Waals surface area contributed by atoms with Crippen molar-refractivity contribution in [3.63, 3.8) is 0 Å². The molecule has 0 amide bonds. The summed E-state index contributed by atoms with van der Waals surface area (Å²) in [5.41, 5.74) is -0.927. The second kappa shape index (κ2) is 6.45. The van der Waals surface area contributed by atoms with E-state index in [2.05, 4.69) is 0 Å². The molecule has 0 spiro atoms. The molecule has 0 saturated carbocycles. The Labute approximate surface area is 115 Å². The van der Waals surface area contributed by atoms with Gasteiger partial charge in [0, 0.05) is 5.75 Å². The standard InChI is InChI=1S/C12H15F3O4S/c1-2-20(17,18)6-5-19-11-4-3-9(8-16)7-10(11)12(13,14)15/h3-4,7,16H,2,5-6,8H2,1H3. The summed E-state index contributed by atoms with van der Waals surface area (Å²) in [6.45, 7) is 0.581. The maximum Gasteiger partial charge on any atom is 0.419 e. The summed E-state index contributed by atoms with van der Waals surface area (Å²) in [6.07, 6.45) is -4.63. The molecule has 0 fully saturated rings. The Balaban J connectivity index is 2.90. The lowest BCUT2D eigenvalue weighted by molar-refractivity contribution is -0.139. The molecule has 0 radical (unpaired) electrons. The van der Waals surface area contributed by atoms with Crippen LogP contribution in [0.2, 0.25) is 0 Å². The first-order valence-electron chi connectivity index (χ1n) is 5.84. The van der Waals surface area contributed by atoms with Gasteiger partial charge in [0.1, 0.15) is 12.4 Å². The van der Waals surface area contributed by atoms with Crippen LogP contribution in [0.25, 0.3) is 0 Å². The number of halogens is 3. The maximum absolute atomic E-state index is 12.8. The Bertz CT molecular complexity index is 552. The molecule has 1 rings (SSSR count). The molecule has 1 N–H and O–H groups in total. The largest absolute Gasteiger partial charge is 0.492 e. The number of aliphatic hydroxyl groups is 1. The Morgan fingerprint density at radius 2 is 1.95 bits per heavy atom. The second-order valence-corrected chi connectivity index (χ2v) is 6.54. The monoisotopic (exact) mass is 312 g/mol. The molecular weight excluding hydrogens is 297 g/mol. The first-order valence-corrected chi connectivity index (χ1v) is 7.66. The molecule has 4 nitrogen and oxygen atoms in total. The predicted molar refractivity (Wildman–Crippen MR) is 67.2 cm³/mol. The third-order valence-corrected chi connectivity index (χ3v) is 4.29. The zero-order chi connectivity index (χ0) is 15.4. The van der Waals surface area contributed by atoms with Crippen molar-refractivity contribution in [2.45, 2.75) is 19.7 Å². The van der Waals surface area contributed by atoms with Gasteiger partial charge in [-0.25, -0.2) is 8.42 Å². The van der Waals surface area contributed by atoms with E-state index < -0.39 is 33.9 Å². The number of rotatable bonds is 6. The summed E-state index contributed by atoms with van der Waals surface area (Å²) in [7, 11) is -3.30. The van der Waals surface area contributed by atoms with Gasteiger partial charge in [-0.05, 0) is 17.7 Å². The molecule has 0 heterocycles. The number of hydrogen-bond donors (Lipinski definition) is 1. The van der Waals surface area contributed by atoms with Crippen LogP contribution in [0.5, 0.6) is 5.75 Å². The van der Waals surface area contributed by atoms with Crippen molar-refractivity contribution >= 4 is 9.84 Å². The van der Waals surface area contributed by atoms with Crippen LogP contribution in [0.4, 0.5) is 13.2 Å². The van der Waals surface area contributed by atoms with Crippen molar-refractivity contribution < 1.29 is 31.4 Å². The Morgan fingerprint density at radius 3 is 2.45 bits per heavy atom. The molecule has 1 aromatic rings. The zero-order valence-corrected chi connectivity index (χ0v) is 11.6. The first-order chi connectivity index (χ1) is 9.19. The van der Waals surface area contributed by atoms with Crippen LogP contribution >= 0.6 is 0 Å². The molecule has 0 saturated heterocycles. The number of hydrogen-bond acceptors (Lipinski definition) is 4. The lowest BCUT2D eigenvalue weighted by atomic mass is 10.1. The Morgan fingerprint density at radius 1 is 1.30 bits per heavy atom. The summed E-state index contributed by atoms with van der Waals surface area (Å²) in [5, 5.41) is 8.85. The van der Waals surface area contributed by atoms with Crippen LogP contribution in [-0.2, 0) is 22.6 Å². The summed E-state index contributed by atoms with van der Waals surface area (Å²) >= 11 is 0. The molecule has 114 valence electrons. The van der Waals surface area contributed by atoms with Crippen LogP contribution < -0.4 is 4.74 Å². The van der Waals surface area contributed by atoms with Gasteiger partial charge in [-0.2, -0.15) is 13.2 Å². The van der Waals surface area contributed by atoms with Gasteiger partial charge in [0.05, 0.1) is 17.9 Å². The van der Waals surface area contributed by atoms with E-state index in [0.29, 0.717) is 0 Å². The quantitative estimate of drug-likeness (QED) is 0.873. The molecule has 0 unspecified atom stereocenters. The van der Waals surface area contributed by atoms with E-state index in [-0.39, 0.29) is 23.7 Å². The van der Waals surface area contributed by atoms with Crippen LogP contribution in [-0.4, -0.2) is 31.6 Å². The van der Waals surface area contributed by atoms with E-state index in [1.165, 1.54) is 13.0 Å². The van der Waals surface area contributed by atoms with Gasteiger partial charge in [0.2, 0.25) is 0 Å². The number of aliphatic hydroxyl groups excluding tert-OH is 1. The molecule has 0 aliphatic rings. The number of alkyl halides is 3. The predicted octanol–water partition coefficient (Wildman–Crippen LogP) is 2.01. The van der Waals surface area contributed by atoms with Crippen LogP contribution in [0.3, 0.4) is 0 Å². The summed E-state index contributed by atoms with van der Waals surface area (Å²) < 4.78 is 65.8. The smallest absolute Gasteiger partial charge is 0.419 e. The number of benzene rings is 1. The molecular formula is C12H15F3O4S. The number of ether oxygens (including phenoxy) is 1. The second-order valence-electron chi connectivity index (χ2n) is 4.07. The first kappa shape index (κ1) is 16.8. The highest BCUT2D eigenvalue weighted by molar-refractivity contribution is 7.91. The molecule has 1 aromatic carbocycles. The highest BCUT2D eigenvalue weighted by Crippen LogP contribution is 2.36. The van der Waals surface area contributed by atoms with Gasteiger partial charge in [-0.15, -0.1) is 0 Å². The van der Waals surface area contributed by atoms with Gasteiger partial charge in [0.25, 0.3) is 0 Å². The minimum Gasteiger partial charge on any atom is -0.492 e. The van der Waals surface area contributed by atoms with Crippen LogP contribution in [0.15, 0.2) is 18.2 Å². The van der Waals surface area contributed by atoms with Crippen LogP contribution in [0, 0.1) is 0 Å². The fourth-order valence-corrected chi connectivity index (χ4v) is 2.07. The van der Waals surface area contributed by atoms with Crippen molar-refractivity contribution in [2.75, 3.05) is 18.1 Å². The average Bonchev–Trinajstić information content (AvgIpc) is 2.37. The highest BCUT2D eigenvalue weighted by atomic mass is 32.2. The minimum atomic E-state index is -4.63. The van der Waals surface area contributed by atoms with E-state index in [4.69, 9.17) is 9.84 Å². The third kappa shape index (κ3) is 4.68. The molecule has 0 atom stereocenters. The van der Waals surface area contributed by atoms with Crippen molar-refractivity contribution in [1.82, 2.24) is 0 Å². The molecule has 0 aliphatic heterocycles. The van der Waals surface area contributed by atoms with Crippen LogP contribution in [0.1, 0.15) is 18.1 Å².